The van der Waals surface area contributed by atoms with Crippen molar-refractivity contribution in [3.05, 3.63) is 17.0 Å². The lowest BCUT2D eigenvalue weighted by Crippen LogP contribution is -2.37. The molecule has 6 nitrogen and oxygen atoms in total. The second-order valence-corrected chi connectivity index (χ2v) is 7.19. The van der Waals surface area contributed by atoms with Crippen LogP contribution in [0.15, 0.2) is 0 Å². The van der Waals surface area contributed by atoms with E-state index in [9.17, 15) is 4.79 Å². The van der Waals surface area contributed by atoms with E-state index in [0.717, 1.165) is 12.1 Å². The topological polar surface area (TPSA) is 68.2 Å². The maximum atomic E-state index is 11.7. The van der Waals surface area contributed by atoms with Gasteiger partial charge >= 0.3 is 6.09 Å². The van der Waals surface area contributed by atoms with Crippen LogP contribution in [0.2, 0.25) is 0 Å². The summed E-state index contributed by atoms with van der Waals surface area (Å²) in [7, 11) is 1.96. The van der Waals surface area contributed by atoms with Crippen LogP contribution in [0.25, 0.3) is 0 Å². The monoisotopic (exact) mass is 308 g/mol. The maximum Gasteiger partial charge on any atom is 0.407 e. The molecule has 0 saturated heterocycles. The number of aromatic nitrogens is 2. The Balaban J connectivity index is 1.85. The van der Waals surface area contributed by atoms with E-state index in [4.69, 9.17) is 4.74 Å². The minimum Gasteiger partial charge on any atom is -0.444 e. The standard InChI is InChI=1S/C16H28N4O2/c1-9(14-10(2)19-20(7)11(14)3)17-12-8-13(12)18-15(21)22-16(4,5)6/h9,12-13,17H,8H2,1-7H3,(H,18,21). The molecule has 1 aliphatic carbocycles. The molecule has 0 radical (unpaired) electrons. The van der Waals surface area contributed by atoms with Gasteiger partial charge in [0.2, 0.25) is 0 Å². The highest BCUT2D eigenvalue weighted by Crippen LogP contribution is 2.28. The largest absolute Gasteiger partial charge is 0.444 e. The Bertz CT molecular complexity index is 559. The Hall–Kier alpha value is -1.56. The molecule has 6 heteroatoms. The zero-order valence-electron chi connectivity index (χ0n) is 14.7. The predicted molar refractivity (Wildman–Crippen MR) is 85.8 cm³/mol. The van der Waals surface area contributed by atoms with Gasteiger partial charge in [-0.05, 0) is 48.0 Å². The van der Waals surface area contributed by atoms with Gasteiger partial charge in [-0.3, -0.25) is 4.68 Å². The summed E-state index contributed by atoms with van der Waals surface area (Å²) >= 11 is 0. The number of carbonyl (C=O) groups excluding carboxylic acids is 1. The first kappa shape index (κ1) is 16.8. The number of carbonyl (C=O) groups is 1. The number of nitrogens with zero attached hydrogens (tertiary/aromatic N) is 2. The van der Waals surface area contributed by atoms with Crippen molar-refractivity contribution in [3.63, 3.8) is 0 Å². The highest BCUT2D eigenvalue weighted by Gasteiger charge is 2.40. The first-order valence-corrected chi connectivity index (χ1v) is 7.84. The number of rotatable bonds is 4. The fourth-order valence-corrected chi connectivity index (χ4v) is 2.82. The molecule has 0 aliphatic heterocycles. The first-order valence-electron chi connectivity index (χ1n) is 7.84. The third-order valence-corrected chi connectivity index (χ3v) is 3.95. The second kappa shape index (κ2) is 5.91. The van der Waals surface area contributed by atoms with Crippen molar-refractivity contribution in [1.82, 2.24) is 20.4 Å². The summed E-state index contributed by atoms with van der Waals surface area (Å²) in [6, 6.07) is 0.653. The molecule has 3 atom stereocenters. The second-order valence-electron chi connectivity index (χ2n) is 7.19. The molecular formula is C16H28N4O2. The summed E-state index contributed by atoms with van der Waals surface area (Å²) in [6.45, 7) is 11.8. The Labute approximate surface area is 132 Å². The molecule has 1 aromatic rings. The zero-order chi connectivity index (χ0) is 16.7. The fraction of sp³-hybridized carbons (Fsp3) is 0.750. The summed E-state index contributed by atoms with van der Waals surface area (Å²) in [6.07, 6.45) is 0.588. The minimum absolute atomic E-state index is 0.148. The van der Waals surface area contributed by atoms with Crippen molar-refractivity contribution < 1.29 is 9.53 Å². The van der Waals surface area contributed by atoms with Crippen molar-refractivity contribution in [2.45, 2.75) is 71.7 Å². The van der Waals surface area contributed by atoms with Crippen LogP contribution in [0.3, 0.4) is 0 Å². The molecule has 0 spiro atoms. The highest BCUT2D eigenvalue weighted by atomic mass is 16.6. The highest BCUT2D eigenvalue weighted by molar-refractivity contribution is 5.68. The quantitative estimate of drug-likeness (QED) is 0.896. The summed E-state index contributed by atoms with van der Waals surface area (Å²) in [4.78, 5) is 11.7. The zero-order valence-corrected chi connectivity index (χ0v) is 14.7. The molecule has 3 unspecified atom stereocenters. The third kappa shape index (κ3) is 4.00. The number of aryl methyl sites for hydroxylation is 2. The summed E-state index contributed by atoms with van der Waals surface area (Å²) < 4.78 is 7.19. The maximum absolute atomic E-state index is 11.7. The molecule has 22 heavy (non-hydrogen) atoms. The van der Waals surface area contributed by atoms with Crippen molar-refractivity contribution in [1.29, 1.82) is 0 Å². The lowest BCUT2D eigenvalue weighted by atomic mass is 10.1. The Kier molecular flexibility index (Phi) is 4.52. The van der Waals surface area contributed by atoms with Gasteiger partial charge in [0.05, 0.1) is 5.69 Å². The average molecular weight is 308 g/mol. The Morgan fingerprint density at radius 3 is 2.50 bits per heavy atom. The average Bonchev–Trinajstić information content (AvgIpc) is 2.97. The van der Waals surface area contributed by atoms with Crippen molar-refractivity contribution in [3.8, 4) is 0 Å². The number of alkyl carbamates (subject to hydrolysis) is 1. The van der Waals surface area contributed by atoms with E-state index in [1.165, 1.54) is 11.3 Å². The smallest absolute Gasteiger partial charge is 0.407 e. The molecule has 1 heterocycles. The van der Waals surface area contributed by atoms with Gasteiger partial charge in [-0.25, -0.2) is 4.79 Å². The SMILES string of the molecule is Cc1nn(C)c(C)c1C(C)NC1CC1NC(=O)OC(C)(C)C. The number of hydrogen-bond acceptors (Lipinski definition) is 4. The molecule has 1 saturated carbocycles. The van der Waals surface area contributed by atoms with Gasteiger partial charge in [-0.15, -0.1) is 0 Å². The molecule has 1 amide bonds. The molecule has 1 aliphatic rings. The minimum atomic E-state index is -0.459. The number of nitrogens with one attached hydrogen (secondary N) is 2. The molecule has 0 bridgehead atoms. The van der Waals surface area contributed by atoms with Gasteiger partial charge in [-0.1, -0.05) is 0 Å². The predicted octanol–water partition coefficient (Wildman–Crippen LogP) is 2.35. The van der Waals surface area contributed by atoms with E-state index in [0.29, 0.717) is 6.04 Å². The molecule has 2 N–H and O–H groups in total. The van der Waals surface area contributed by atoms with Gasteiger partial charge in [0.1, 0.15) is 5.60 Å². The van der Waals surface area contributed by atoms with E-state index in [1.54, 1.807) is 0 Å². The fourth-order valence-electron chi connectivity index (χ4n) is 2.82. The van der Waals surface area contributed by atoms with E-state index >= 15 is 0 Å². The molecule has 1 fully saturated rings. The summed E-state index contributed by atoms with van der Waals surface area (Å²) in [5, 5.41) is 10.9. The van der Waals surface area contributed by atoms with Crippen molar-refractivity contribution >= 4 is 6.09 Å². The van der Waals surface area contributed by atoms with E-state index < -0.39 is 5.60 Å². The lowest BCUT2D eigenvalue weighted by molar-refractivity contribution is 0.0522. The molecule has 1 aromatic heterocycles. The first-order chi connectivity index (χ1) is 10.1. The van der Waals surface area contributed by atoms with Crippen LogP contribution in [0.1, 0.15) is 57.1 Å². The van der Waals surface area contributed by atoms with Gasteiger partial charge in [0.15, 0.2) is 0 Å². The molecular weight excluding hydrogens is 280 g/mol. The Morgan fingerprint density at radius 2 is 2.00 bits per heavy atom. The third-order valence-electron chi connectivity index (χ3n) is 3.95. The number of ether oxygens (including phenoxy) is 1. The van der Waals surface area contributed by atoms with Gasteiger partial charge in [0, 0.05) is 36.4 Å². The summed E-state index contributed by atoms with van der Waals surface area (Å²) in [5.74, 6) is 0. The van der Waals surface area contributed by atoms with Gasteiger partial charge < -0.3 is 15.4 Å². The van der Waals surface area contributed by atoms with Crippen LogP contribution >= 0.6 is 0 Å². The van der Waals surface area contributed by atoms with Crippen LogP contribution in [0.5, 0.6) is 0 Å². The van der Waals surface area contributed by atoms with Gasteiger partial charge in [0.25, 0.3) is 0 Å². The van der Waals surface area contributed by atoms with Crippen LogP contribution in [-0.2, 0) is 11.8 Å². The lowest BCUT2D eigenvalue weighted by Gasteiger charge is -2.20. The number of hydrogen-bond donors (Lipinski definition) is 2. The van der Waals surface area contributed by atoms with Gasteiger partial charge in [-0.2, -0.15) is 5.10 Å². The van der Waals surface area contributed by atoms with Crippen molar-refractivity contribution in [2.24, 2.45) is 7.05 Å². The van der Waals surface area contributed by atoms with Crippen LogP contribution in [-0.4, -0.2) is 33.6 Å². The molecule has 124 valence electrons. The normalized spacial score (nSPS) is 22.3. The van der Waals surface area contributed by atoms with Crippen molar-refractivity contribution in [2.75, 3.05) is 0 Å². The van der Waals surface area contributed by atoms with Crippen LogP contribution < -0.4 is 10.6 Å². The Morgan fingerprint density at radius 1 is 1.36 bits per heavy atom. The van der Waals surface area contributed by atoms with E-state index in [2.05, 4.69) is 29.6 Å². The molecule has 0 aromatic carbocycles. The summed E-state index contributed by atoms with van der Waals surface area (Å²) in [5.41, 5.74) is 3.01. The number of amides is 1. The van der Waals surface area contributed by atoms with Crippen LogP contribution in [0.4, 0.5) is 4.79 Å². The van der Waals surface area contributed by atoms with Crippen LogP contribution in [0, 0.1) is 13.8 Å². The van der Waals surface area contributed by atoms with E-state index in [1.807, 2.05) is 39.4 Å². The molecule has 2 rings (SSSR count). The van der Waals surface area contributed by atoms with E-state index in [-0.39, 0.29) is 18.2 Å².